The molecule has 0 bridgehead atoms. The zero-order valence-electron chi connectivity index (χ0n) is 16.5. The zero-order valence-corrected chi connectivity index (χ0v) is 18.8. The van der Waals surface area contributed by atoms with Gasteiger partial charge in [-0.25, -0.2) is 0 Å². The number of guanidine groups is 1. The third-order valence-corrected chi connectivity index (χ3v) is 5.09. The highest BCUT2D eigenvalue weighted by Gasteiger charge is 2.19. The van der Waals surface area contributed by atoms with Crippen LogP contribution in [0.25, 0.3) is 0 Å². The average Bonchev–Trinajstić information content (AvgIpc) is 3.19. The van der Waals surface area contributed by atoms with E-state index in [1.54, 1.807) is 14.2 Å². The molecule has 1 heterocycles. The topological polar surface area (TPSA) is 58.1 Å². The molecule has 27 heavy (non-hydrogen) atoms. The minimum absolute atomic E-state index is 0. The van der Waals surface area contributed by atoms with Crippen molar-refractivity contribution in [1.29, 1.82) is 0 Å². The number of hydrogen-bond donors (Lipinski definition) is 2. The lowest BCUT2D eigenvalue weighted by molar-refractivity contribution is 0.256. The number of nitrogens with zero attached hydrogens (tertiary/aromatic N) is 2. The first kappa shape index (κ1) is 21.8. The Hall–Kier alpha value is -1.48. The summed E-state index contributed by atoms with van der Waals surface area (Å²) in [5, 5.41) is 6.91. The van der Waals surface area contributed by atoms with Crippen LogP contribution in [0.5, 0.6) is 11.5 Å². The van der Waals surface area contributed by atoms with Crippen LogP contribution in [0, 0.1) is 0 Å². The van der Waals surface area contributed by atoms with E-state index in [2.05, 4.69) is 44.8 Å². The third-order valence-electron chi connectivity index (χ3n) is 5.09. The fraction of sp³-hybridized carbons (Fsp3) is 0.550. The van der Waals surface area contributed by atoms with E-state index in [0.29, 0.717) is 6.04 Å². The van der Waals surface area contributed by atoms with Gasteiger partial charge in [0.15, 0.2) is 17.5 Å². The maximum Gasteiger partial charge on any atom is 0.191 e. The molecule has 0 atom stereocenters. The van der Waals surface area contributed by atoms with Gasteiger partial charge in [-0.2, -0.15) is 0 Å². The van der Waals surface area contributed by atoms with Crippen molar-refractivity contribution in [3.05, 3.63) is 35.4 Å². The number of nitrogens with one attached hydrogen (secondary N) is 2. The quantitative estimate of drug-likeness (QED) is 0.280. The van der Waals surface area contributed by atoms with Crippen molar-refractivity contribution in [3.8, 4) is 11.5 Å². The first-order chi connectivity index (χ1) is 12.7. The molecule has 7 heteroatoms. The Morgan fingerprint density at radius 2 is 1.81 bits per heavy atom. The molecular formula is C20H31IN4O2. The molecule has 0 unspecified atom stereocenters. The van der Waals surface area contributed by atoms with Crippen LogP contribution in [-0.2, 0) is 13.0 Å². The smallest absolute Gasteiger partial charge is 0.191 e. The highest BCUT2D eigenvalue weighted by molar-refractivity contribution is 14.0. The highest BCUT2D eigenvalue weighted by Crippen LogP contribution is 2.33. The molecule has 0 aromatic heterocycles. The summed E-state index contributed by atoms with van der Waals surface area (Å²) < 4.78 is 10.9. The second-order valence-corrected chi connectivity index (χ2v) is 6.79. The van der Waals surface area contributed by atoms with Crippen LogP contribution in [-0.4, -0.2) is 57.8 Å². The average molecular weight is 486 g/mol. The van der Waals surface area contributed by atoms with E-state index in [1.165, 1.54) is 11.1 Å². The molecule has 0 amide bonds. The summed E-state index contributed by atoms with van der Waals surface area (Å²) in [6.45, 7) is 3.86. The standard InChI is InChI=1S/C20H30N4O2.HI/c1-21-20(23-17-6-4-5-7-17)22-9-11-24-10-8-15-12-18(25-2)19(26-3)13-16(15)14-24;/h4-5,12-13,17H,6-11,14H2,1-3H3,(H2,21,22,23);1H. The lowest BCUT2D eigenvalue weighted by atomic mass is 9.99. The summed E-state index contributed by atoms with van der Waals surface area (Å²) >= 11 is 0. The summed E-state index contributed by atoms with van der Waals surface area (Å²) in [6.07, 6.45) is 7.64. The minimum atomic E-state index is 0. The number of benzene rings is 1. The molecule has 1 aromatic rings. The van der Waals surface area contributed by atoms with Crippen molar-refractivity contribution < 1.29 is 9.47 Å². The normalized spacial score (nSPS) is 17.2. The summed E-state index contributed by atoms with van der Waals surface area (Å²) in [4.78, 5) is 6.79. The molecule has 1 aromatic carbocycles. The second-order valence-electron chi connectivity index (χ2n) is 6.79. The van der Waals surface area contributed by atoms with E-state index in [9.17, 15) is 0 Å². The maximum absolute atomic E-state index is 5.44. The molecule has 0 saturated heterocycles. The Labute approximate surface area is 179 Å². The van der Waals surface area contributed by atoms with Crippen LogP contribution < -0.4 is 20.1 Å². The molecule has 1 aliphatic heterocycles. The monoisotopic (exact) mass is 486 g/mol. The van der Waals surface area contributed by atoms with Gasteiger partial charge < -0.3 is 20.1 Å². The van der Waals surface area contributed by atoms with E-state index in [1.807, 2.05) is 7.05 Å². The van der Waals surface area contributed by atoms with Gasteiger partial charge in [0.2, 0.25) is 0 Å². The van der Waals surface area contributed by atoms with Gasteiger partial charge in [-0.1, -0.05) is 12.2 Å². The van der Waals surface area contributed by atoms with E-state index in [-0.39, 0.29) is 24.0 Å². The van der Waals surface area contributed by atoms with E-state index in [0.717, 1.165) is 62.9 Å². The molecule has 1 aliphatic carbocycles. The molecule has 3 rings (SSSR count). The number of aliphatic imine (C=N–C) groups is 1. The van der Waals surface area contributed by atoms with Crippen LogP contribution in [0.15, 0.2) is 29.3 Å². The number of rotatable bonds is 6. The van der Waals surface area contributed by atoms with Crippen LogP contribution in [0.2, 0.25) is 0 Å². The minimum Gasteiger partial charge on any atom is -0.493 e. The molecular weight excluding hydrogens is 455 g/mol. The number of ether oxygens (including phenoxy) is 2. The molecule has 0 radical (unpaired) electrons. The number of hydrogen-bond acceptors (Lipinski definition) is 4. The van der Waals surface area contributed by atoms with E-state index in [4.69, 9.17) is 9.47 Å². The van der Waals surface area contributed by atoms with Crippen molar-refractivity contribution in [2.75, 3.05) is 40.9 Å². The Balaban J connectivity index is 0.00000261. The lowest BCUT2D eigenvalue weighted by Crippen LogP contribution is -2.45. The summed E-state index contributed by atoms with van der Waals surface area (Å²) in [6, 6.07) is 4.71. The molecule has 0 fully saturated rings. The predicted octanol–water partition coefficient (Wildman–Crippen LogP) is 2.56. The van der Waals surface area contributed by atoms with Crippen molar-refractivity contribution in [2.45, 2.75) is 31.8 Å². The van der Waals surface area contributed by atoms with Gasteiger partial charge in [-0.3, -0.25) is 9.89 Å². The van der Waals surface area contributed by atoms with E-state index < -0.39 is 0 Å². The van der Waals surface area contributed by atoms with Crippen molar-refractivity contribution in [1.82, 2.24) is 15.5 Å². The lowest BCUT2D eigenvalue weighted by Gasteiger charge is -2.29. The first-order valence-electron chi connectivity index (χ1n) is 9.31. The summed E-state index contributed by atoms with van der Waals surface area (Å²) in [5.74, 6) is 2.51. The third kappa shape index (κ3) is 5.75. The van der Waals surface area contributed by atoms with Crippen molar-refractivity contribution >= 4 is 29.9 Å². The van der Waals surface area contributed by atoms with Gasteiger partial charge in [0.25, 0.3) is 0 Å². The molecule has 2 N–H and O–H groups in total. The predicted molar refractivity (Wildman–Crippen MR) is 121 cm³/mol. The van der Waals surface area contributed by atoms with Crippen LogP contribution in [0.3, 0.4) is 0 Å². The SMILES string of the molecule is CN=C(NCCN1CCc2cc(OC)c(OC)cc2C1)NC1CC=CC1.I. The molecule has 6 nitrogen and oxygen atoms in total. The van der Waals surface area contributed by atoms with Crippen LogP contribution >= 0.6 is 24.0 Å². The van der Waals surface area contributed by atoms with Gasteiger partial charge in [0.1, 0.15) is 0 Å². The zero-order chi connectivity index (χ0) is 18.4. The van der Waals surface area contributed by atoms with Gasteiger partial charge in [-0.05, 0) is 42.5 Å². The Morgan fingerprint density at radius 1 is 1.15 bits per heavy atom. The molecule has 2 aliphatic rings. The number of methoxy groups -OCH3 is 2. The number of halogens is 1. The Bertz CT molecular complexity index is 670. The highest BCUT2D eigenvalue weighted by atomic mass is 127. The Morgan fingerprint density at radius 3 is 2.44 bits per heavy atom. The summed E-state index contributed by atoms with van der Waals surface area (Å²) in [7, 11) is 5.20. The first-order valence-corrected chi connectivity index (χ1v) is 9.31. The fourth-order valence-corrected chi connectivity index (χ4v) is 3.59. The van der Waals surface area contributed by atoms with Gasteiger partial charge in [-0.15, -0.1) is 24.0 Å². The summed E-state index contributed by atoms with van der Waals surface area (Å²) in [5.41, 5.74) is 2.69. The van der Waals surface area contributed by atoms with Gasteiger partial charge in [0.05, 0.1) is 14.2 Å². The molecule has 0 spiro atoms. The molecule has 150 valence electrons. The van der Waals surface area contributed by atoms with Crippen molar-refractivity contribution in [2.24, 2.45) is 4.99 Å². The van der Waals surface area contributed by atoms with Crippen LogP contribution in [0.1, 0.15) is 24.0 Å². The Kier molecular flexibility index (Phi) is 8.69. The van der Waals surface area contributed by atoms with Gasteiger partial charge >= 0.3 is 0 Å². The largest absolute Gasteiger partial charge is 0.493 e. The second kappa shape index (κ2) is 10.8. The van der Waals surface area contributed by atoms with Crippen molar-refractivity contribution in [3.63, 3.8) is 0 Å². The van der Waals surface area contributed by atoms with Crippen LogP contribution in [0.4, 0.5) is 0 Å². The number of fused-ring (bicyclic) bond motifs is 1. The van der Waals surface area contributed by atoms with E-state index >= 15 is 0 Å². The molecule has 0 saturated carbocycles. The maximum atomic E-state index is 5.44. The fourth-order valence-electron chi connectivity index (χ4n) is 3.59. The van der Waals surface area contributed by atoms with Gasteiger partial charge in [0, 0.05) is 39.3 Å².